The minimum atomic E-state index is -0.0220. The van der Waals surface area contributed by atoms with Gasteiger partial charge in [-0.1, -0.05) is 12.1 Å². The van der Waals surface area contributed by atoms with E-state index in [1.54, 1.807) is 0 Å². The fraction of sp³-hybridized carbons (Fsp3) is 0.800. The van der Waals surface area contributed by atoms with Crippen LogP contribution >= 0.6 is 0 Å². The minimum absolute atomic E-state index is 0.0220. The molecule has 1 saturated heterocycles. The van der Waals surface area contributed by atoms with Crippen molar-refractivity contribution in [1.82, 2.24) is 10.1 Å². The number of hydrogen-bond acceptors (Lipinski definition) is 5. The van der Waals surface area contributed by atoms with Gasteiger partial charge in [0.1, 0.15) is 6.10 Å². The van der Waals surface area contributed by atoms with Crippen molar-refractivity contribution in [3.8, 4) is 0 Å². The Hall–Kier alpha value is -0.940. The van der Waals surface area contributed by atoms with Gasteiger partial charge in [-0.2, -0.15) is 4.98 Å². The summed E-state index contributed by atoms with van der Waals surface area (Å²) in [6.07, 6.45) is 2.28. The number of aromatic nitrogens is 2. The summed E-state index contributed by atoms with van der Waals surface area (Å²) in [5.41, 5.74) is 5.54. The summed E-state index contributed by atoms with van der Waals surface area (Å²) < 4.78 is 10.8. The van der Waals surface area contributed by atoms with Crippen molar-refractivity contribution in [3.63, 3.8) is 0 Å². The van der Waals surface area contributed by atoms with Gasteiger partial charge in [-0.05, 0) is 19.8 Å². The Morgan fingerprint density at radius 2 is 2.33 bits per heavy atom. The topological polar surface area (TPSA) is 74.2 Å². The molecule has 0 bridgehead atoms. The molecule has 1 fully saturated rings. The molecule has 0 saturated carbocycles. The quantitative estimate of drug-likeness (QED) is 0.817. The fourth-order valence-corrected chi connectivity index (χ4v) is 1.67. The van der Waals surface area contributed by atoms with Gasteiger partial charge < -0.3 is 15.0 Å². The highest BCUT2D eigenvalue weighted by Gasteiger charge is 2.28. The second kappa shape index (κ2) is 4.28. The van der Waals surface area contributed by atoms with Gasteiger partial charge in [-0.15, -0.1) is 0 Å². The monoisotopic (exact) mass is 211 g/mol. The van der Waals surface area contributed by atoms with Crippen LogP contribution in [0.5, 0.6) is 0 Å². The van der Waals surface area contributed by atoms with Crippen molar-refractivity contribution in [2.45, 2.75) is 44.8 Å². The molecule has 3 unspecified atom stereocenters. The molecule has 1 aliphatic heterocycles. The minimum Gasteiger partial charge on any atom is -0.365 e. The second-order valence-corrected chi connectivity index (χ2v) is 4.14. The van der Waals surface area contributed by atoms with Crippen LogP contribution in [0.3, 0.4) is 0 Å². The van der Waals surface area contributed by atoms with E-state index in [2.05, 4.69) is 17.1 Å². The Morgan fingerprint density at radius 1 is 1.53 bits per heavy atom. The van der Waals surface area contributed by atoms with E-state index in [1.165, 1.54) is 0 Å². The zero-order valence-corrected chi connectivity index (χ0v) is 9.14. The highest BCUT2D eigenvalue weighted by Crippen LogP contribution is 2.31. The zero-order valence-electron chi connectivity index (χ0n) is 9.14. The van der Waals surface area contributed by atoms with Crippen molar-refractivity contribution < 1.29 is 9.26 Å². The molecule has 0 aliphatic carbocycles. The number of nitrogens with two attached hydrogens (primary N) is 1. The van der Waals surface area contributed by atoms with Crippen LogP contribution < -0.4 is 5.73 Å². The van der Waals surface area contributed by atoms with E-state index in [4.69, 9.17) is 15.0 Å². The van der Waals surface area contributed by atoms with Gasteiger partial charge in [0, 0.05) is 12.5 Å². The molecule has 2 heterocycles. The van der Waals surface area contributed by atoms with Crippen molar-refractivity contribution >= 4 is 0 Å². The number of ether oxygens (including phenoxy) is 1. The first-order valence-electron chi connectivity index (χ1n) is 5.39. The fourth-order valence-electron chi connectivity index (χ4n) is 1.67. The van der Waals surface area contributed by atoms with Gasteiger partial charge in [0.05, 0.1) is 6.10 Å². The maximum atomic E-state index is 5.65. The Labute approximate surface area is 89.0 Å². The van der Waals surface area contributed by atoms with E-state index in [0.29, 0.717) is 18.3 Å². The molecule has 5 heteroatoms. The van der Waals surface area contributed by atoms with Crippen LogP contribution in [-0.4, -0.2) is 22.8 Å². The van der Waals surface area contributed by atoms with E-state index >= 15 is 0 Å². The summed E-state index contributed by atoms with van der Waals surface area (Å²) in [5.74, 6) is 1.41. The van der Waals surface area contributed by atoms with Crippen molar-refractivity contribution in [1.29, 1.82) is 0 Å². The summed E-state index contributed by atoms with van der Waals surface area (Å²) in [6, 6.07) is 0. The number of rotatable bonds is 3. The third-order valence-electron chi connectivity index (χ3n) is 2.76. The molecule has 15 heavy (non-hydrogen) atoms. The predicted octanol–water partition coefficient (Wildman–Crippen LogP) is 1.37. The normalized spacial score (nSPS) is 28.2. The average molecular weight is 211 g/mol. The van der Waals surface area contributed by atoms with Crippen LogP contribution in [0.1, 0.15) is 50.4 Å². The molecule has 0 amide bonds. The molecular weight excluding hydrogens is 194 g/mol. The van der Waals surface area contributed by atoms with E-state index in [-0.39, 0.29) is 18.1 Å². The van der Waals surface area contributed by atoms with E-state index in [0.717, 1.165) is 12.8 Å². The lowest BCUT2D eigenvalue weighted by atomic mass is 10.2. The van der Waals surface area contributed by atoms with Crippen molar-refractivity contribution in [2.24, 2.45) is 5.73 Å². The summed E-state index contributed by atoms with van der Waals surface area (Å²) in [7, 11) is 0. The number of nitrogens with zero attached hydrogens (tertiary/aromatic N) is 2. The van der Waals surface area contributed by atoms with E-state index in [1.807, 2.05) is 6.92 Å². The Morgan fingerprint density at radius 3 is 2.93 bits per heavy atom. The zero-order chi connectivity index (χ0) is 10.8. The molecule has 84 valence electrons. The highest BCUT2D eigenvalue weighted by molar-refractivity contribution is 4.97. The second-order valence-electron chi connectivity index (χ2n) is 4.14. The summed E-state index contributed by atoms with van der Waals surface area (Å²) in [5, 5.41) is 3.91. The van der Waals surface area contributed by atoms with E-state index in [9.17, 15) is 0 Å². The lowest BCUT2D eigenvalue weighted by molar-refractivity contribution is 0.0355. The van der Waals surface area contributed by atoms with Crippen LogP contribution in [0.25, 0.3) is 0 Å². The van der Waals surface area contributed by atoms with Crippen LogP contribution in [-0.2, 0) is 4.74 Å². The first-order chi connectivity index (χ1) is 7.20. The van der Waals surface area contributed by atoms with Gasteiger partial charge in [0.15, 0.2) is 5.82 Å². The van der Waals surface area contributed by atoms with Crippen molar-refractivity contribution in [2.75, 3.05) is 6.54 Å². The maximum Gasteiger partial charge on any atom is 0.255 e. The van der Waals surface area contributed by atoms with Gasteiger partial charge in [0.25, 0.3) is 5.89 Å². The lowest BCUT2D eigenvalue weighted by Crippen LogP contribution is -2.10. The molecule has 1 aliphatic rings. The van der Waals surface area contributed by atoms with Gasteiger partial charge >= 0.3 is 0 Å². The average Bonchev–Trinajstić information content (AvgIpc) is 2.84. The third kappa shape index (κ3) is 2.18. The lowest BCUT2D eigenvalue weighted by Gasteiger charge is -2.04. The smallest absolute Gasteiger partial charge is 0.255 e. The van der Waals surface area contributed by atoms with Crippen molar-refractivity contribution in [3.05, 3.63) is 11.7 Å². The predicted molar refractivity (Wildman–Crippen MR) is 54.3 cm³/mol. The summed E-state index contributed by atoms with van der Waals surface area (Å²) in [6.45, 7) is 4.56. The standard InChI is InChI=1S/C10H17N3O2/c1-6(5-11)9-12-10(15-13-9)8-4-3-7(2)14-8/h6-8H,3-5,11H2,1-2H3. The molecule has 0 spiro atoms. The Kier molecular flexibility index (Phi) is 3.02. The van der Waals surface area contributed by atoms with Crippen LogP contribution in [0, 0.1) is 0 Å². The molecule has 1 aromatic rings. The Bertz CT molecular complexity index is 326. The molecule has 3 atom stereocenters. The van der Waals surface area contributed by atoms with Gasteiger partial charge in [0.2, 0.25) is 0 Å². The molecular formula is C10H17N3O2. The number of hydrogen-bond donors (Lipinski definition) is 1. The molecule has 0 radical (unpaired) electrons. The van der Waals surface area contributed by atoms with Crippen LogP contribution in [0.2, 0.25) is 0 Å². The molecule has 2 rings (SSSR count). The molecule has 5 nitrogen and oxygen atoms in total. The maximum absolute atomic E-state index is 5.65. The van der Waals surface area contributed by atoms with Gasteiger partial charge in [-0.3, -0.25) is 0 Å². The van der Waals surface area contributed by atoms with Gasteiger partial charge in [-0.25, -0.2) is 0 Å². The first kappa shape index (κ1) is 10.6. The molecule has 2 N–H and O–H groups in total. The first-order valence-corrected chi connectivity index (χ1v) is 5.39. The summed E-state index contributed by atoms with van der Waals surface area (Å²) >= 11 is 0. The van der Waals surface area contributed by atoms with Crippen LogP contribution in [0.4, 0.5) is 0 Å². The molecule has 0 aromatic carbocycles. The highest BCUT2D eigenvalue weighted by atomic mass is 16.5. The summed E-state index contributed by atoms with van der Waals surface area (Å²) in [4.78, 5) is 4.31. The Balaban J connectivity index is 2.07. The van der Waals surface area contributed by atoms with Crippen LogP contribution in [0.15, 0.2) is 4.52 Å². The third-order valence-corrected chi connectivity index (χ3v) is 2.76. The van der Waals surface area contributed by atoms with E-state index < -0.39 is 0 Å². The largest absolute Gasteiger partial charge is 0.365 e. The molecule has 1 aromatic heterocycles. The SMILES string of the molecule is CC1CCC(c2nc(C(C)CN)no2)O1.